The lowest BCUT2D eigenvalue weighted by atomic mass is 10.0. The maximum absolute atomic E-state index is 6.27. The number of fused-ring (bicyclic) bond motifs is 6. The van der Waals surface area contributed by atoms with E-state index < -0.39 is 0 Å². The molecule has 8 aromatic carbocycles. The molecular weight excluding hydrogens is 685 g/mol. The molecule has 11 rings (SSSR count). The quantitative estimate of drug-likeness (QED) is 0.172. The third kappa shape index (κ3) is 5.37. The second-order valence-electron chi connectivity index (χ2n) is 14.0. The Kier molecular flexibility index (Phi) is 7.42. The summed E-state index contributed by atoms with van der Waals surface area (Å²) in [4.78, 5) is 15.4. The van der Waals surface area contributed by atoms with Gasteiger partial charge >= 0.3 is 0 Å². The lowest BCUT2D eigenvalue weighted by Crippen LogP contribution is -2.03. The Labute approximate surface area is 322 Å². The molecule has 5 heteroatoms. The maximum atomic E-state index is 6.27. The van der Waals surface area contributed by atoms with Crippen molar-refractivity contribution in [3.8, 4) is 62.1 Å². The van der Waals surface area contributed by atoms with Gasteiger partial charge in [0.2, 0.25) is 0 Å². The van der Waals surface area contributed by atoms with Crippen molar-refractivity contribution in [2.75, 3.05) is 0 Å². The fourth-order valence-electron chi connectivity index (χ4n) is 7.99. The van der Waals surface area contributed by atoms with Crippen molar-refractivity contribution in [1.29, 1.82) is 0 Å². The standard InChI is InChI=1S/C51H32N4O/c1-3-14-33(15-4-1)35-18-13-19-38(30-35)50-52-49(34-16-5-2-6-17-34)53-51(54-50)42-22-8-11-24-45(42)55-44-23-10-7-20-39(44)43-31-36(27-29-46(43)55)37-26-28-41-40-21-9-12-25-47(40)56-48(41)32-37/h1-32H. The molecule has 0 aliphatic carbocycles. The molecule has 0 aliphatic heterocycles. The predicted molar refractivity (Wildman–Crippen MR) is 229 cm³/mol. The van der Waals surface area contributed by atoms with E-state index in [1.807, 2.05) is 48.5 Å². The normalized spacial score (nSPS) is 11.6. The van der Waals surface area contributed by atoms with Gasteiger partial charge in [0.25, 0.3) is 0 Å². The predicted octanol–water partition coefficient (Wildman–Crippen LogP) is 13.2. The molecule has 262 valence electrons. The van der Waals surface area contributed by atoms with Crippen LogP contribution in [-0.2, 0) is 0 Å². The van der Waals surface area contributed by atoms with Crippen molar-refractivity contribution in [1.82, 2.24) is 19.5 Å². The van der Waals surface area contributed by atoms with Crippen molar-refractivity contribution >= 4 is 43.7 Å². The summed E-state index contributed by atoms with van der Waals surface area (Å²) < 4.78 is 8.61. The fraction of sp³-hybridized carbons (Fsp3) is 0. The minimum absolute atomic E-state index is 0.608. The number of nitrogens with zero attached hydrogens (tertiary/aromatic N) is 4. The number of furan rings is 1. The van der Waals surface area contributed by atoms with Gasteiger partial charge in [-0.05, 0) is 76.9 Å². The Morgan fingerprint density at radius 3 is 1.75 bits per heavy atom. The monoisotopic (exact) mass is 716 g/mol. The van der Waals surface area contributed by atoms with Crippen LogP contribution in [0.3, 0.4) is 0 Å². The van der Waals surface area contributed by atoms with Gasteiger partial charge in [0.15, 0.2) is 17.5 Å². The molecule has 0 amide bonds. The topological polar surface area (TPSA) is 56.7 Å². The lowest BCUT2D eigenvalue weighted by Gasteiger charge is -2.15. The van der Waals surface area contributed by atoms with E-state index in [1.54, 1.807) is 0 Å². The highest BCUT2D eigenvalue weighted by Crippen LogP contribution is 2.39. The van der Waals surface area contributed by atoms with Gasteiger partial charge in [-0.2, -0.15) is 0 Å². The molecule has 0 fully saturated rings. The Bertz CT molecular complexity index is 3250. The SMILES string of the molecule is c1ccc(-c2cccc(-c3nc(-c4ccccc4)nc(-c4ccccc4-n4c5ccccc5c5cc(-c6ccc7c(c6)oc6ccccc67)ccc54)n3)c2)cc1. The number of benzene rings is 8. The van der Waals surface area contributed by atoms with Crippen LogP contribution in [-0.4, -0.2) is 19.5 Å². The molecule has 0 N–H and O–H groups in total. The number of rotatable bonds is 6. The summed E-state index contributed by atoms with van der Waals surface area (Å²) >= 11 is 0. The van der Waals surface area contributed by atoms with Crippen LogP contribution >= 0.6 is 0 Å². The van der Waals surface area contributed by atoms with Crippen molar-refractivity contribution in [2.45, 2.75) is 0 Å². The van der Waals surface area contributed by atoms with E-state index in [4.69, 9.17) is 19.4 Å². The van der Waals surface area contributed by atoms with Crippen molar-refractivity contribution in [2.24, 2.45) is 0 Å². The summed E-state index contributed by atoms with van der Waals surface area (Å²) in [7, 11) is 0. The van der Waals surface area contributed by atoms with Gasteiger partial charge in [0.1, 0.15) is 11.2 Å². The summed E-state index contributed by atoms with van der Waals surface area (Å²) in [6, 6.07) is 67.4. The molecule has 3 heterocycles. The molecule has 3 aromatic heterocycles. The summed E-state index contributed by atoms with van der Waals surface area (Å²) in [5.41, 5.74) is 12.2. The second-order valence-corrected chi connectivity index (χ2v) is 14.0. The Balaban J connectivity index is 1.08. The Hall–Kier alpha value is -7.63. The zero-order chi connectivity index (χ0) is 37.0. The molecule has 0 bridgehead atoms. The van der Waals surface area contributed by atoms with E-state index in [-0.39, 0.29) is 0 Å². The number of para-hydroxylation sites is 3. The van der Waals surface area contributed by atoms with Crippen LogP contribution in [0.5, 0.6) is 0 Å². The molecule has 0 radical (unpaired) electrons. The van der Waals surface area contributed by atoms with E-state index >= 15 is 0 Å². The molecule has 0 saturated heterocycles. The van der Waals surface area contributed by atoms with E-state index in [9.17, 15) is 0 Å². The van der Waals surface area contributed by atoms with Crippen molar-refractivity contribution < 1.29 is 4.42 Å². The number of hydrogen-bond acceptors (Lipinski definition) is 4. The third-order valence-electron chi connectivity index (χ3n) is 10.7. The van der Waals surface area contributed by atoms with Crippen molar-refractivity contribution in [3.05, 3.63) is 194 Å². The molecule has 0 unspecified atom stereocenters. The van der Waals surface area contributed by atoms with Gasteiger partial charge in [0, 0.05) is 38.2 Å². The Morgan fingerprint density at radius 2 is 0.893 bits per heavy atom. The maximum Gasteiger partial charge on any atom is 0.166 e. The summed E-state index contributed by atoms with van der Waals surface area (Å²) in [5.74, 6) is 1.85. The summed E-state index contributed by atoms with van der Waals surface area (Å²) in [5, 5.41) is 4.59. The van der Waals surface area contributed by atoms with E-state index in [0.29, 0.717) is 17.5 Å². The Morgan fingerprint density at radius 1 is 0.321 bits per heavy atom. The van der Waals surface area contributed by atoms with Gasteiger partial charge in [-0.25, -0.2) is 15.0 Å². The number of aromatic nitrogens is 4. The first kappa shape index (κ1) is 31.9. The van der Waals surface area contributed by atoms with Crippen LogP contribution in [0.25, 0.3) is 106 Å². The zero-order valence-electron chi connectivity index (χ0n) is 30.2. The second kappa shape index (κ2) is 13.0. The first-order valence-corrected chi connectivity index (χ1v) is 18.8. The average molecular weight is 717 g/mol. The fourth-order valence-corrected chi connectivity index (χ4v) is 7.99. The molecule has 5 nitrogen and oxygen atoms in total. The molecule has 0 saturated carbocycles. The number of hydrogen-bond donors (Lipinski definition) is 0. The van der Waals surface area contributed by atoms with E-state index in [1.165, 1.54) is 5.39 Å². The summed E-state index contributed by atoms with van der Waals surface area (Å²) in [6.07, 6.45) is 0. The van der Waals surface area contributed by atoms with Crippen LogP contribution in [0.15, 0.2) is 199 Å². The van der Waals surface area contributed by atoms with Gasteiger partial charge in [-0.1, -0.05) is 140 Å². The lowest BCUT2D eigenvalue weighted by molar-refractivity contribution is 0.669. The molecule has 0 spiro atoms. The van der Waals surface area contributed by atoms with Gasteiger partial charge in [-0.3, -0.25) is 0 Å². The van der Waals surface area contributed by atoms with Crippen LogP contribution in [0, 0.1) is 0 Å². The smallest absolute Gasteiger partial charge is 0.166 e. The van der Waals surface area contributed by atoms with Gasteiger partial charge < -0.3 is 8.98 Å². The van der Waals surface area contributed by atoms with Gasteiger partial charge in [0.05, 0.1) is 16.7 Å². The minimum Gasteiger partial charge on any atom is -0.456 e. The van der Waals surface area contributed by atoms with Gasteiger partial charge in [-0.15, -0.1) is 0 Å². The molecule has 0 aliphatic rings. The highest BCUT2D eigenvalue weighted by atomic mass is 16.3. The van der Waals surface area contributed by atoms with E-state index in [0.717, 1.165) is 83.0 Å². The molecule has 56 heavy (non-hydrogen) atoms. The molecule has 0 atom stereocenters. The highest BCUT2D eigenvalue weighted by molar-refractivity contribution is 6.11. The molecule has 11 aromatic rings. The average Bonchev–Trinajstić information content (AvgIpc) is 3.82. The highest BCUT2D eigenvalue weighted by Gasteiger charge is 2.20. The van der Waals surface area contributed by atoms with Crippen LogP contribution < -0.4 is 0 Å². The zero-order valence-corrected chi connectivity index (χ0v) is 30.2. The van der Waals surface area contributed by atoms with Crippen LogP contribution in [0.2, 0.25) is 0 Å². The minimum atomic E-state index is 0.608. The van der Waals surface area contributed by atoms with Crippen LogP contribution in [0.1, 0.15) is 0 Å². The summed E-state index contributed by atoms with van der Waals surface area (Å²) in [6.45, 7) is 0. The van der Waals surface area contributed by atoms with Crippen LogP contribution in [0.4, 0.5) is 0 Å². The first-order valence-electron chi connectivity index (χ1n) is 18.8. The largest absolute Gasteiger partial charge is 0.456 e. The third-order valence-corrected chi connectivity index (χ3v) is 10.7. The van der Waals surface area contributed by atoms with Crippen molar-refractivity contribution in [3.63, 3.8) is 0 Å². The molecular formula is C51H32N4O. The van der Waals surface area contributed by atoms with E-state index in [2.05, 4.69) is 150 Å². The first-order chi connectivity index (χ1) is 27.7.